The lowest BCUT2D eigenvalue weighted by Gasteiger charge is -2.09. The normalized spacial score (nSPS) is 10.3. The Bertz CT molecular complexity index is 923. The first-order valence-corrected chi connectivity index (χ1v) is 7.80. The molecular formula is C17H16FN3O6. The first-order chi connectivity index (χ1) is 12.8. The van der Waals surface area contributed by atoms with Gasteiger partial charge in [0.15, 0.2) is 0 Å². The second kappa shape index (κ2) is 8.70. The van der Waals surface area contributed by atoms with Crippen LogP contribution in [0.4, 0.5) is 10.1 Å². The Hall–Kier alpha value is -3.56. The number of hydrogen-bond acceptors (Lipinski definition) is 6. The van der Waals surface area contributed by atoms with E-state index >= 15 is 0 Å². The van der Waals surface area contributed by atoms with Crippen LogP contribution in [0.2, 0.25) is 0 Å². The van der Waals surface area contributed by atoms with Gasteiger partial charge in [0.25, 0.3) is 0 Å². The molecule has 0 aliphatic rings. The molecule has 142 valence electrons. The van der Waals surface area contributed by atoms with Gasteiger partial charge in [0.2, 0.25) is 5.91 Å². The maximum atomic E-state index is 12.8. The van der Waals surface area contributed by atoms with E-state index in [2.05, 4.69) is 10.1 Å². The van der Waals surface area contributed by atoms with E-state index in [1.54, 1.807) is 12.1 Å². The number of methoxy groups -OCH3 is 1. The minimum absolute atomic E-state index is 0.220. The van der Waals surface area contributed by atoms with Crippen LogP contribution in [-0.2, 0) is 22.5 Å². The molecule has 1 aromatic heterocycles. The van der Waals surface area contributed by atoms with E-state index in [0.29, 0.717) is 6.42 Å². The average Bonchev–Trinajstić information content (AvgIpc) is 2.64. The standard InChI is InChI=1S/C17H16FN3O6/c1-27-17(24)12-8-14(21(25)26)16(23)20(9-12)10-15(22)19-7-6-11-2-4-13(18)5-3-11/h2-5,8-9H,6-7,10H2,1H3,(H,19,22). The number of aromatic nitrogens is 1. The number of halogens is 1. The fourth-order valence-corrected chi connectivity index (χ4v) is 2.31. The molecule has 0 radical (unpaired) electrons. The number of amides is 1. The Labute approximate surface area is 152 Å². The van der Waals surface area contributed by atoms with Crippen molar-refractivity contribution in [2.45, 2.75) is 13.0 Å². The highest BCUT2D eigenvalue weighted by molar-refractivity contribution is 5.89. The monoisotopic (exact) mass is 377 g/mol. The third-order valence-electron chi connectivity index (χ3n) is 3.65. The molecule has 0 bridgehead atoms. The summed E-state index contributed by atoms with van der Waals surface area (Å²) in [5.74, 6) is -1.81. The second-order valence-electron chi connectivity index (χ2n) is 5.52. The summed E-state index contributed by atoms with van der Waals surface area (Å²) in [6.45, 7) is -0.286. The number of ether oxygens (including phenoxy) is 1. The SMILES string of the molecule is COC(=O)c1cc([N+](=O)[O-])c(=O)n(CC(=O)NCCc2ccc(F)cc2)c1. The van der Waals surface area contributed by atoms with E-state index in [1.807, 2.05) is 0 Å². The lowest BCUT2D eigenvalue weighted by atomic mass is 10.1. The lowest BCUT2D eigenvalue weighted by Crippen LogP contribution is -2.34. The lowest BCUT2D eigenvalue weighted by molar-refractivity contribution is -0.386. The van der Waals surface area contributed by atoms with E-state index in [-0.39, 0.29) is 17.9 Å². The summed E-state index contributed by atoms with van der Waals surface area (Å²) < 4.78 is 18.1. The zero-order valence-corrected chi connectivity index (χ0v) is 14.3. The summed E-state index contributed by atoms with van der Waals surface area (Å²) in [6.07, 6.45) is 1.46. The summed E-state index contributed by atoms with van der Waals surface area (Å²) in [7, 11) is 1.09. The van der Waals surface area contributed by atoms with Crippen molar-refractivity contribution in [1.29, 1.82) is 0 Å². The van der Waals surface area contributed by atoms with Crippen molar-refractivity contribution in [3.05, 3.63) is 73.9 Å². The second-order valence-corrected chi connectivity index (χ2v) is 5.52. The van der Waals surface area contributed by atoms with Crippen molar-refractivity contribution in [2.75, 3.05) is 13.7 Å². The topological polar surface area (TPSA) is 121 Å². The van der Waals surface area contributed by atoms with Gasteiger partial charge in [0.1, 0.15) is 12.4 Å². The van der Waals surface area contributed by atoms with Gasteiger partial charge in [-0.1, -0.05) is 12.1 Å². The fraction of sp³-hybridized carbons (Fsp3) is 0.235. The van der Waals surface area contributed by atoms with Gasteiger partial charge in [-0.2, -0.15) is 0 Å². The minimum Gasteiger partial charge on any atom is -0.465 e. The number of carbonyl (C=O) groups excluding carboxylic acids is 2. The molecule has 2 aromatic rings. The highest BCUT2D eigenvalue weighted by Crippen LogP contribution is 2.09. The van der Waals surface area contributed by atoms with Crippen molar-refractivity contribution < 1.29 is 23.6 Å². The summed E-state index contributed by atoms with van der Waals surface area (Å²) in [5, 5.41) is 13.5. The van der Waals surface area contributed by atoms with Crippen LogP contribution in [0.25, 0.3) is 0 Å². The Kier molecular flexibility index (Phi) is 6.36. The summed E-state index contributed by atoms with van der Waals surface area (Å²) in [6, 6.07) is 6.56. The average molecular weight is 377 g/mol. The Morgan fingerprint density at radius 1 is 1.30 bits per heavy atom. The Morgan fingerprint density at radius 3 is 2.56 bits per heavy atom. The molecule has 0 saturated heterocycles. The van der Waals surface area contributed by atoms with Crippen molar-refractivity contribution >= 4 is 17.6 Å². The molecule has 1 amide bonds. The third kappa shape index (κ3) is 5.21. The number of nitro groups is 1. The number of hydrogen-bond donors (Lipinski definition) is 1. The summed E-state index contributed by atoms with van der Waals surface area (Å²) in [4.78, 5) is 45.8. The number of pyridine rings is 1. The van der Waals surface area contributed by atoms with Crippen LogP contribution in [0.15, 0.2) is 41.3 Å². The largest absolute Gasteiger partial charge is 0.465 e. The minimum atomic E-state index is -1.01. The van der Waals surface area contributed by atoms with Crippen LogP contribution in [0.5, 0.6) is 0 Å². The maximum Gasteiger partial charge on any atom is 0.339 e. The van der Waals surface area contributed by atoms with E-state index in [9.17, 15) is 28.9 Å². The molecule has 0 aliphatic heterocycles. The van der Waals surface area contributed by atoms with Gasteiger partial charge in [-0.25, -0.2) is 9.18 Å². The quantitative estimate of drug-likeness (QED) is 0.437. The van der Waals surface area contributed by atoms with Crippen LogP contribution in [0.1, 0.15) is 15.9 Å². The molecule has 2 rings (SSSR count). The van der Waals surface area contributed by atoms with Gasteiger partial charge in [0.05, 0.1) is 17.6 Å². The highest BCUT2D eigenvalue weighted by Gasteiger charge is 2.21. The van der Waals surface area contributed by atoms with Crippen molar-refractivity contribution in [3.63, 3.8) is 0 Å². The van der Waals surface area contributed by atoms with E-state index in [1.165, 1.54) is 12.1 Å². The first-order valence-electron chi connectivity index (χ1n) is 7.80. The molecule has 1 aromatic carbocycles. The predicted molar refractivity (Wildman–Crippen MR) is 91.8 cm³/mol. The van der Waals surface area contributed by atoms with Gasteiger partial charge in [-0.15, -0.1) is 0 Å². The Balaban J connectivity index is 2.08. The number of carbonyl (C=O) groups is 2. The fourth-order valence-electron chi connectivity index (χ4n) is 2.31. The van der Waals surface area contributed by atoms with E-state index in [4.69, 9.17) is 0 Å². The molecule has 9 nitrogen and oxygen atoms in total. The van der Waals surface area contributed by atoms with Gasteiger partial charge < -0.3 is 10.1 Å². The van der Waals surface area contributed by atoms with Crippen molar-refractivity contribution in [1.82, 2.24) is 9.88 Å². The van der Waals surface area contributed by atoms with Gasteiger partial charge >= 0.3 is 17.2 Å². The summed E-state index contributed by atoms with van der Waals surface area (Å²) in [5.41, 5.74) is -1.27. The molecule has 1 heterocycles. The molecule has 27 heavy (non-hydrogen) atoms. The van der Waals surface area contributed by atoms with Gasteiger partial charge in [0, 0.05) is 18.8 Å². The molecule has 0 atom stereocenters. The van der Waals surface area contributed by atoms with Crippen LogP contribution >= 0.6 is 0 Å². The third-order valence-corrected chi connectivity index (χ3v) is 3.65. The number of nitrogens with zero attached hydrogens (tertiary/aromatic N) is 2. The highest BCUT2D eigenvalue weighted by atomic mass is 19.1. The molecule has 0 fully saturated rings. The number of rotatable bonds is 7. The first kappa shape index (κ1) is 19.8. The van der Waals surface area contributed by atoms with Crippen LogP contribution in [0.3, 0.4) is 0 Å². The van der Waals surface area contributed by atoms with E-state index in [0.717, 1.165) is 29.5 Å². The molecule has 1 N–H and O–H groups in total. The van der Waals surface area contributed by atoms with Crippen molar-refractivity contribution in [2.24, 2.45) is 0 Å². The van der Waals surface area contributed by atoms with Gasteiger partial charge in [-0.3, -0.25) is 24.3 Å². The number of benzene rings is 1. The molecule has 10 heteroatoms. The number of nitrogens with one attached hydrogen (secondary N) is 1. The van der Waals surface area contributed by atoms with Crippen molar-refractivity contribution in [3.8, 4) is 0 Å². The summed E-state index contributed by atoms with van der Waals surface area (Å²) >= 11 is 0. The Morgan fingerprint density at radius 2 is 1.96 bits per heavy atom. The smallest absolute Gasteiger partial charge is 0.339 e. The predicted octanol–water partition coefficient (Wildman–Crippen LogP) is 1.04. The molecule has 0 spiro atoms. The zero-order valence-electron chi connectivity index (χ0n) is 14.3. The van der Waals surface area contributed by atoms with Gasteiger partial charge in [-0.05, 0) is 24.1 Å². The molecule has 0 unspecified atom stereocenters. The molecule has 0 saturated carbocycles. The maximum absolute atomic E-state index is 12.8. The van der Waals surface area contributed by atoms with Crippen LogP contribution < -0.4 is 10.9 Å². The van der Waals surface area contributed by atoms with Crippen LogP contribution in [0, 0.1) is 15.9 Å². The molecular weight excluding hydrogens is 361 g/mol. The van der Waals surface area contributed by atoms with E-state index < -0.39 is 34.6 Å². The van der Waals surface area contributed by atoms with Crippen LogP contribution in [-0.4, -0.2) is 35.0 Å². The zero-order chi connectivity index (χ0) is 20.0. The molecule has 0 aliphatic carbocycles. The number of esters is 1.